The van der Waals surface area contributed by atoms with Crippen LogP contribution in [0.3, 0.4) is 0 Å². The van der Waals surface area contributed by atoms with Crippen molar-refractivity contribution < 1.29 is 8.60 Å². The summed E-state index contributed by atoms with van der Waals surface area (Å²) >= 11 is 9.01. The van der Waals surface area contributed by atoms with Crippen LogP contribution in [0.5, 0.6) is 0 Å². The second-order valence-corrected chi connectivity index (χ2v) is 6.53. The summed E-state index contributed by atoms with van der Waals surface area (Å²) in [5.74, 6) is -0.211. The third-order valence-electron chi connectivity index (χ3n) is 2.54. The van der Waals surface area contributed by atoms with E-state index in [9.17, 15) is 8.60 Å². The third-order valence-corrected chi connectivity index (χ3v) is 5.08. The second-order valence-electron chi connectivity index (χ2n) is 3.88. The molecule has 0 aliphatic rings. The van der Waals surface area contributed by atoms with Crippen LogP contribution in [-0.4, -0.2) is 4.21 Å². The molecule has 2 rings (SSSR count). The van der Waals surface area contributed by atoms with E-state index in [1.54, 1.807) is 30.3 Å². The minimum Gasteiger partial charge on any atom is -0.398 e. The average molecular weight is 363 g/mol. The van der Waals surface area contributed by atoms with E-state index in [4.69, 9.17) is 17.3 Å². The lowest BCUT2D eigenvalue weighted by Gasteiger charge is -2.08. The van der Waals surface area contributed by atoms with Gasteiger partial charge in [-0.25, -0.2) is 4.39 Å². The predicted molar refractivity (Wildman–Crippen MR) is 80.1 cm³/mol. The summed E-state index contributed by atoms with van der Waals surface area (Å²) in [7, 11) is -1.38. The number of hydrogen-bond donors (Lipinski definition) is 1. The van der Waals surface area contributed by atoms with Gasteiger partial charge >= 0.3 is 0 Å². The van der Waals surface area contributed by atoms with Crippen molar-refractivity contribution in [3.8, 4) is 0 Å². The van der Waals surface area contributed by atoms with Gasteiger partial charge in [-0.05, 0) is 45.8 Å². The fraction of sp³-hybridized carbons (Fsp3) is 0.0769. The van der Waals surface area contributed by atoms with Gasteiger partial charge in [-0.15, -0.1) is 0 Å². The Morgan fingerprint density at radius 3 is 2.79 bits per heavy atom. The molecule has 19 heavy (non-hydrogen) atoms. The van der Waals surface area contributed by atoms with Gasteiger partial charge in [0.25, 0.3) is 0 Å². The molecule has 0 aromatic heterocycles. The molecule has 0 saturated heterocycles. The van der Waals surface area contributed by atoms with Gasteiger partial charge in [0.1, 0.15) is 5.82 Å². The van der Waals surface area contributed by atoms with E-state index >= 15 is 0 Å². The summed E-state index contributed by atoms with van der Waals surface area (Å²) in [4.78, 5) is 0.462. The van der Waals surface area contributed by atoms with Gasteiger partial charge in [-0.1, -0.05) is 23.7 Å². The number of rotatable bonds is 3. The highest BCUT2D eigenvalue weighted by atomic mass is 79.9. The van der Waals surface area contributed by atoms with Crippen LogP contribution in [0.2, 0.25) is 5.02 Å². The number of nitrogen functional groups attached to an aromatic ring is 1. The Labute approximate surface area is 126 Å². The van der Waals surface area contributed by atoms with E-state index in [0.29, 0.717) is 25.6 Å². The van der Waals surface area contributed by atoms with Crippen molar-refractivity contribution in [1.29, 1.82) is 0 Å². The maximum Gasteiger partial charge on any atom is 0.137 e. The Morgan fingerprint density at radius 2 is 2.05 bits per heavy atom. The largest absolute Gasteiger partial charge is 0.398 e. The molecule has 0 saturated carbocycles. The van der Waals surface area contributed by atoms with Crippen LogP contribution in [-0.2, 0) is 16.6 Å². The lowest BCUT2D eigenvalue weighted by atomic mass is 10.2. The molecule has 2 nitrogen and oxygen atoms in total. The van der Waals surface area contributed by atoms with Crippen LogP contribution in [0.4, 0.5) is 10.1 Å². The first-order valence-electron chi connectivity index (χ1n) is 5.35. The monoisotopic (exact) mass is 361 g/mol. The molecule has 1 atom stereocenters. The van der Waals surface area contributed by atoms with Crippen LogP contribution in [0.25, 0.3) is 0 Å². The highest BCUT2D eigenvalue weighted by molar-refractivity contribution is 9.10. The number of hydrogen-bond acceptors (Lipinski definition) is 2. The third kappa shape index (κ3) is 3.35. The van der Waals surface area contributed by atoms with Gasteiger partial charge < -0.3 is 5.73 Å². The van der Waals surface area contributed by atoms with Crippen LogP contribution in [0.15, 0.2) is 45.8 Å². The maximum absolute atomic E-state index is 13.4. The SMILES string of the molecule is Nc1ccc(Cl)cc1S(=O)Cc1cccc(F)c1Br. The van der Waals surface area contributed by atoms with Crippen molar-refractivity contribution in [3.05, 3.63) is 57.3 Å². The molecular formula is C13H10BrClFNOS. The van der Waals surface area contributed by atoms with Crippen LogP contribution in [0.1, 0.15) is 5.56 Å². The lowest BCUT2D eigenvalue weighted by Crippen LogP contribution is -2.02. The van der Waals surface area contributed by atoms with Gasteiger partial charge in [0.15, 0.2) is 0 Å². The van der Waals surface area contributed by atoms with E-state index in [0.717, 1.165) is 0 Å². The maximum atomic E-state index is 13.4. The van der Waals surface area contributed by atoms with Gasteiger partial charge in [0.05, 0.1) is 25.9 Å². The molecule has 2 aromatic carbocycles. The van der Waals surface area contributed by atoms with Gasteiger partial charge in [-0.3, -0.25) is 4.21 Å². The molecule has 0 amide bonds. The van der Waals surface area contributed by atoms with Crippen molar-refractivity contribution in [2.24, 2.45) is 0 Å². The van der Waals surface area contributed by atoms with Gasteiger partial charge in [-0.2, -0.15) is 0 Å². The Balaban J connectivity index is 2.31. The molecule has 0 bridgehead atoms. The number of halogens is 3. The first kappa shape index (κ1) is 14.5. The summed E-state index contributed by atoms with van der Waals surface area (Å²) in [5, 5.41) is 0.468. The molecule has 2 N–H and O–H groups in total. The standard InChI is InChI=1S/C13H10BrClFNOS/c14-13-8(2-1-3-10(13)16)7-19(18)12-6-9(15)4-5-11(12)17/h1-6H,7,17H2. The second kappa shape index (κ2) is 6.03. The van der Waals surface area contributed by atoms with Crippen molar-refractivity contribution in [1.82, 2.24) is 0 Å². The first-order chi connectivity index (χ1) is 8.99. The van der Waals surface area contributed by atoms with Crippen molar-refractivity contribution in [2.45, 2.75) is 10.6 Å². The predicted octanol–water partition coefficient (Wildman–Crippen LogP) is 4.13. The summed E-state index contributed by atoms with van der Waals surface area (Å²) < 4.78 is 26.0. The zero-order valence-corrected chi connectivity index (χ0v) is 12.9. The zero-order valence-electron chi connectivity index (χ0n) is 9.70. The van der Waals surface area contributed by atoms with E-state index in [-0.39, 0.29) is 11.6 Å². The molecular weight excluding hydrogens is 353 g/mol. The van der Waals surface area contributed by atoms with Crippen LogP contribution >= 0.6 is 27.5 Å². The summed E-state index contributed by atoms with van der Waals surface area (Å²) in [6.45, 7) is 0. The van der Waals surface area contributed by atoms with E-state index in [2.05, 4.69) is 15.9 Å². The van der Waals surface area contributed by atoms with Gasteiger partial charge in [0, 0.05) is 10.7 Å². The van der Waals surface area contributed by atoms with Crippen molar-refractivity contribution in [3.63, 3.8) is 0 Å². The molecule has 1 unspecified atom stereocenters. The topological polar surface area (TPSA) is 43.1 Å². The fourth-order valence-corrected chi connectivity index (χ4v) is 3.68. The Hall–Kier alpha value is -0.910. The Morgan fingerprint density at radius 1 is 1.32 bits per heavy atom. The van der Waals surface area contributed by atoms with E-state index in [1.165, 1.54) is 6.07 Å². The molecule has 2 aromatic rings. The van der Waals surface area contributed by atoms with Crippen molar-refractivity contribution in [2.75, 3.05) is 5.73 Å². The van der Waals surface area contributed by atoms with E-state index in [1.807, 2.05) is 0 Å². The summed E-state index contributed by atoms with van der Waals surface area (Å²) in [5.41, 5.74) is 6.81. The van der Waals surface area contributed by atoms with E-state index < -0.39 is 10.8 Å². The molecule has 0 radical (unpaired) electrons. The Bertz CT molecular complexity index is 651. The summed E-state index contributed by atoms with van der Waals surface area (Å²) in [6.07, 6.45) is 0. The number of benzene rings is 2. The number of nitrogens with two attached hydrogens (primary N) is 1. The number of anilines is 1. The highest BCUT2D eigenvalue weighted by Gasteiger charge is 2.13. The van der Waals surface area contributed by atoms with Crippen molar-refractivity contribution >= 4 is 44.0 Å². The molecule has 0 heterocycles. The quantitative estimate of drug-likeness (QED) is 0.834. The first-order valence-corrected chi connectivity index (χ1v) is 7.84. The molecule has 100 valence electrons. The zero-order chi connectivity index (χ0) is 14.0. The van der Waals surface area contributed by atoms with Crippen LogP contribution < -0.4 is 5.73 Å². The average Bonchev–Trinajstić information content (AvgIpc) is 2.38. The normalized spacial score (nSPS) is 12.4. The van der Waals surface area contributed by atoms with Gasteiger partial charge in [0.2, 0.25) is 0 Å². The summed E-state index contributed by atoms with van der Waals surface area (Å²) in [6, 6.07) is 9.44. The minimum atomic E-state index is -1.38. The molecule has 0 spiro atoms. The molecule has 0 aliphatic carbocycles. The molecule has 0 fully saturated rings. The fourth-order valence-electron chi connectivity index (χ4n) is 1.58. The smallest absolute Gasteiger partial charge is 0.137 e. The lowest BCUT2D eigenvalue weighted by molar-refractivity contribution is 0.619. The molecule has 0 aliphatic heterocycles. The highest BCUT2D eigenvalue weighted by Crippen LogP contribution is 2.26. The van der Waals surface area contributed by atoms with Crippen LogP contribution in [0, 0.1) is 5.82 Å². The minimum absolute atomic E-state index is 0.170. The molecule has 6 heteroatoms. The Kier molecular flexibility index (Phi) is 4.60.